The van der Waals surface area contributed by atoms with Crippen molar-refractivity contribution in [2.75, 3.05) is 19.8 Å². The van der Waals surface area contributed by atoms with Crippen molar-refractivity contribution in [1.29, 1.82) is 0 Å². The summed E-state index contributed by atoms with van der Waals surface area (Å²) >= 11 is 0. The number of carbonyl (C=O) groups excluding carboxylic acids is 2. The first-order valence-corrected chi connectivity index (χ1v) is 9.84. The molecule has 3 rings (SSSR count). The molecule has 2 fully saturated rings. The van der Waals surface area contributed by atoms with Crippen LogP contribution in [-0.4, -0.2) is 68.7 Å². The van der Waals surface area contributed by atoms with E-state index < -0.39 is 6.04 Å². The minimum atomic E-state index is -0.560. The number of rotatable bonds is 6. The van der Waals surface area contributed by atoms with Gasteiger partial charge in [-0.25, -0.2) is 0 Å². The zero-order valence-electron chi connectivity index (χ0n) is 16.5. The van der Waals surface area contributed by atoms with Crippen LogP contribution in [0, 0.1) is 0 Å². The minimum Gasteiger partial charge on any atom is -0.418 e. The highest BCUT2D eigenvalue weighted by atomic mass is 16.4. The molecule has 8 nitrogen and oxygen atoms in total. The fraction of sp³-hybridized carbons (Fsp3) is 0.789. The lowest BCUT2D eigenvalue weighted by Crippen LogP contribution is -2.47. The molecular formula is C19H30N4O4. The Kier molecular flexibility index (Phi) is 5.95. The van der Waals surface area contributed by atoms with Crippen molar-refractivity contribution in [3.8, 4) is 0 Å². The van der Waals surface area contributed by atoms with Crippen molar-refractivity contribution in [2.45, 2.75) is 76.8 Å². The Labute approximate surface area is 159 Å². The summed E-state index contributed by atoms with van der Waals surface area (Å²) in [5.74, 6) is -0.0310. The summed E-state index contributed by atoms with van der Waals surface area (Å²) in [6.07, 6.45) is 5.65. The van der Waals surface area contributed by atoms with Gasteiger partial charge in [0.2, 0.25) is 17.6 Å². The molecule has 0 radical (unpaired) electrons. The maximum atomic E-state index is 12.9. The second-order valence-electron chi connectivity index (χ2n) is 8.60. The van der Waals surface area contributed by atoms with Gasteiger partial charge in [-0.15, -0.1) is 10.2 Å². The van der Waals surface area contributed by atoms with Crippen LogP contribution >= 0.6 is 0 Å². The number of likely N-dealkylation sites (tertiary alicyclic amines) is 1. The number of hydrogen-bond acceptors (Lipinski definition) is 7. The number of aliphatic hydroxyl groups is 1. The first-order valence-electron chi connectivity index (χ1n) is 9.84. The third-order valence-corrected chi connectivity index (χ3v) is 5.51. The van der Waals surface area contributed by atoms with Crippen molar-refractivity contribution in [3.05, 3.63) is 11.8 Å². The molecule has 0 aromatic carbocycles. The molecule has 1 atom stereocenters. The van der Waals surface area contributed by atoms with E-state index in [2.05, 4.69) is 10.2 Å². The molecule has 1 saturated heterocycles. The zero-order valence-corrected chi connectivity index (χ0v) is 16.5. The van der Waals surface area contributed by atoms with E-state index in [1.54, 1.807) is 4.90 Å². The molecule has 1 aliphatic heterocycles. The maximum Gasteiger partial charge on any atom is 0.286 e. The molecule has 1 aromatic heterocycles. The lowest BCUT2D eigenvalue weighted by atomic mass is 9.97. The molecule has 27 heavy (non-hydrogen) atoms. The quantitative estimate of drug-likeness (QED) is 0.594. The molecule has 150 valence electrons. The van der Waals surface area contributed by atoms with Crippen LogP contribution in [-0.2, 0) is 10.2 Å². The molecule has 1 unspecified atom stereocenters. The van der Waals surface area contributed by atoms with E-state index in [1.807, 2.05) is 25.7 Å². The SMILES string of the molecule is CC(C)(C)c1nnc(C(=O)C2CCCN2C(=O)CN(CO)C2CCCC2)o1. The topological polar surface area (TPSA) is 99.8 Å². The number of ketones is 1. The maximum absolute atomic E-state index is 12.9. The minimum absolute atomic E-state index is 0.0283. The first kappa shape index (κ1) is 19.9. The van der Waals surface area contributed by atoms with Crippen LogP contribution in [0.3, 0.4) is 0 Å². The van der Waals surface area contributed by atoms with Gasteiger partial charge >= 0.3 is 0 Å². The normalized spacial score (nSPS) is 21.4. The number of carbonyl (C=O) groups is 2. The predicted octanol–water partition coefficient (Wildman–Crippen LogP) is 1.74. The average molecular weight is 378 g/mol. The van der Waals surface area contributed by atoms with E-state index in [0.29, 0.717) is 18.9 Å². The van der Waals surface area contributed by atoms with Crippen LogP contribution in [0.25, 0.3) is 0 Å². The second-order valence-corrected chi connectivity index (χ2v) is 8.60. The molecule has 1 aromatic rings. The summed E-state index contributed by atoms with van der Waals surface area (Å²) in [5.41, 5.74) is -0.334. The van der Waals surface area contributed by atoms with Crippen molar-refractivity contribution < 1.29 is 19.1 Å². The number of hydrogen-bond donors (Lipinski definition) is 1. The van der Waals surface area contributed by atoms with E-state index in [4.69, 9.17) is 4.42 Å². The van der Waals surface area contributed by atoms with Crippen molar-refractivity contribution >= 4 is 11.7 Å². The standard InChI is InChI=1S/C19H30N4O4/c1-19(2,3)18-21-20-17(27-18)16(26)14-9-6-10-23(14)15(25)11-22(12-24)13-7-4-5-8-13/h13-14,24H,4-12H2,1-3H3. The van der Waals surface area contributed by atoms with Crippen LogP contribution in [0.2, 0.25) is 0 Å². The van der Waals surface area contributed by atoms with Gasteiger partial charge in [0.15, 0.2) is 0 Å². The van der Waals surface area contributed by atoms with Crippen molar-refractivity contribution in [1.82, 2.24) is 20.0 Å². The van der Waals surface area contributed by atoms with Crippen LogP contribution < -0.4 is 0 Å². The largest absolute Gasteiger partial charge is 0.418 e. The molecule has 1 saturated carbocycles. The molecule has 2 heterocycles. The third kappa shape index (κ3) is 4.38. The van der Waals surface area contributed by atoms with Gasteiger partial charge in [-0.3, -0.25) is 14.5 Å². The summed E-state index contributed by atoms with van der Waals surface area (Å²) in [5, 5.41) is 17.6. The summed E-state index contributed by atoms with van der Waals surface area (Å²) < 4.78 is 5.57. The number of Topliss-reactive ketones (excluding diaryl/α,β-unsaturated/α-hetero) is 1. The summed E-state index contributed by atoms with van der Waals surface area (Å²) in [6, 6.07) is -0.309. The average Bonchev–Trinajstić information content (AvgIpc) is 3.39. The van der Waals surface area contributed by atoms with Gasteiger partial charge in [0.05, 0.1) is 13.3 Å². The first-order chi connectivity index (χ1) is 12.8. The Morgan fingerprint density at radius 3 is 2.48 bits per heavy atom. The molecule has 1 amide bonds. The Morgan fingerprint density at radius 1 is 1.19 bits per heavy atom. The monoisotopic (exact) mass is 378 g/mol. The van der Waals surface area contributed by atoms with Gasteiger partial charge in [0.25, 0.3) is 5.89 Å². The van der Waals surface area contributed by atoms with Crippen LogP contribution in [0.1, 0.15) is 75.9 Å². The van der Waals surface area contributed by atoms with E-state index in [9.17, 15) is 14.7 Å². The van der Waals surface area contributed by atoms with E-state index in [0.717, 1.165) is 32.1 Å². The van der Waals surface area contributed by atoms with Crippen LogP contribution in [0.5, 0.6) is 0 Å². The summed E-state index contributed by atoms with van der Waals surface area (Å²) in [6.45, 7) is 6.36. The summed E-state index contributed by atoms with van der Waals surface area (Å²) in [7, 11) is 0. The Hall–Kier alpha value is -1.80. The third-order valence-electron chi connectivity index (χ3n) is 5.51. The van der Waals surface area contributed by atoms with Gasteiger partial charge < -0.3 is 14.4 Å². The smallest absolute Gasteiger partial charge is 0.286 e. The van der Waals surface area contributed by atoms with Gasteiger partial charge in [-0.1, -0.05) is 33.6 Å². The van der Waals surface area contributed by atoms with Gasteiger partial charge in [-0.2, -0.15) is 0 Å². The van der Waals surface area contributed by atoms with Crippen LogP contribution in [0.15, 0.2) is 4.42 Å². The highest BCUT2D eigenvalue weighted by Gasteiger charge is 2.38. The fourth-order valence-corrected chi connectivity index (χ4v) is 3.93. The molecule has 0 spiro atoms. The molecule has 1 N–H and O–H groups in total. The number of aromatic nitrogens is 2. The zero-order chi connectivity index (χ0) is 19.6. The van der Waals surface area contributed by atoms with Gasteiger partial charge in [-0.05, 0) is 25.7 Å². The highest BCUT2D eigenvalue weighted by Crippen LogP contribution is 2.26. The molecule has 1 aliphatic carbocycles. The molecule has 0 bridgehead atoms. The lowest BCUT2D eigenvalue weighted by molar-refractivity contribution is -0.134. The predicted molar refractivity (Wildman–Crippen MR) is 98.1 cm³/mol. The number of aliphatic hydroxyl groups excluding tert-OH is 1. The van der Waals surface area contributed by atoms with E-state index >= 15 is 0 Å². The van der Waals surface area contributed by atoms with Gasteiger partial charge in [0, 0.05) is 18.0 Å². The summed E-state index contributed by atoms with van der Waals surface area (Å²) in [4.78, 5) is 29.1. The van der Waals surface area contributed by atoms with Crippen LogP contribution in [0.4, 0.5) is 0 Å². The lowest BCUT2D eigenvalue weighted by Gasteiger charge is -2.29. The van der Waals surface area contributed by atoms with Gasteiger partial charge in [0.1, 0.15) is 6.04 Å². The fourth-order valence-electron chi connectivity index (χ4n) is 3.93. The number of nitrogens with zero attached hydrogens (tertiary/aromatic N) is 4. The van der Waals surface area contributed by atoms with Crippen molar-refractivity contribution in [3.63, 3.8) is 0 Å². The Balaban J connectivity index is 1.67. The molecule has 2 aliphatic rings. The molecular weight excluding hydrogens is 348 g/mol. The second kappa shape index (κ2) is 8.06. The van der Waals surface area contributed by atoms with E-state index in [1.165, 1.54) is 0 Å². The Bertz CT molecular complexity index is 675. The van der Waals surface area contributed by atoms with E-state index in [-0.39, 0.29) is 42.3 Å². The number of amides is 1. The Morgan fingerprint density at radius 2 is 1.89 bits per heavy atom. The highest BCUT2D eigenvalue weighted by molar-refractivity contribution is 5.98. The molecule has 8 heteroatoms. The van der Waals surface area contributed by atoms with Crippen molar-refractivity contribution in [2.24, 2.45) is 0 Å².